The van der Waals surface area contributed by atoms with Crippen LogP contribution in [0.3, 0.4) is 0 Å². The van der Waals surface area contributed by atoms with Crippen molar-refractivity contribution in [3.05, 3.63) is 47.5 Å². The Labute approximate surface area is 131 Å². The molecule has 1 atom stereocenters. The average Bonchev–Trinajstić information content (AvgIpc) is 2.49. The summed E-state index contributed by atoms with van der Waals surface area (Å²) in [5.74, 6) is 0.460. The number of nitrogens with one attached hydrogen (secondary N) is 1. The van der Waals surface area contributed by atoms with Gasteiger partial charge in [-0.2, -0.15) is 0 Å². The molecular formula is C16H22ClNO3. The zero-order valence-electron chi connectivity index (χ0n) is 12.3. The van der Waals surface area contributed by atoms with Crippen LogP contribution in [-0.4, -0.2) is 26.5 Å². The molecule has 0 saturated heterocycles. The number of methoxy groups -OCH3 is 1. The number of hydrogen-bond acceptors (Lipinski definition) is 3. The quantitative estimate of drug-likeness (QED) is 0.429. The minimum absolute atomic E-state index is 0.161. The second-order valence-corrected chi connectivity index (χ2v) is 5.17. The average molecular weight is 312 g/mol. The van der Waals surface area contributed by atoms with Crippen molar-refractivity contribution in [1.82, 2.24) is 5.32 Å². The van der Waals surface area contributed by atoms with Gasteiger partial charge < -0.3 is 9.47 Å². The fourth-order valence-electron chi connectivity index (χ4n) is 2.00. The number of hydrogen-bond donors (Lipinski definition) is 1. The van der Waals surface area contributed by atoms with Crippen molar-refractivity contribution in [3.63, 3.8) is 0 Å². The molecule has 0 radical (unpaired) electrons. The summed E-state index contributed by atoms with van der Waals surface area (Å²) in [7, 11) is 1.32. The van der Waals surface area contributed by atoms with Gasteiger partial charge in [0.25, 0.3) is 0 Å². The van der Waals surface area contributed by atoms with Crippen molar-refractivity contribution in [1.29, 1.82) is 0 Å². The highest BCUT2D eigenvalue weighted by Gasteiger charge is 2.08. The number of alkyl carbamates (subject to hydrolysis) is 1. The summed E-state index contributed by atoms with van der Waals surface area (Å²) in [4.78, 5) is 10.8. The number of ether oxygens (including phenoxy) is 2. The van der Waals surface area contributed by atoms with Crippen molar-refractivity contribution in [2.24, 2.45) is 5.92 Å². The number of amides is 1. The number of halogens is 1. The topological polar surface area (TPSA) is 47.6 Å². The molecule has 1 unspecified atom stereocenters. The Morgan fingerprint density at radius 2 is 2.14 bits per heavy atom. The van der Waals surface area contributed by atoms with E-state index in [0.717, 1.165) is 24.3 Å². The first-order valence-electron chi connectivity index (χ1n) is 6.90. The van der Waals surface area contributed by atoms with Crippen LogP contribution in [0, 0.1) is 5.92 Å². The molecular weight excluding hydrogens is 290 g/mol. The van der Waals surface area contributed by atoms with Gasteiger partial charge in [-0.15, -0.1) is 6.58 Å². The van der Waals surface area contributed by atoms with E-state index in [1.807, 2.05) is 30.3 Å². The van der Waals surface area contributed by atoms with Gasteiger partial charge in [-0.1, -0.05) is 29.8 Å². The molecule has 0 aliphatic carbocycles. The van der Waals surface area contributed by atoms with E-state index in [0.29, 0.717) is 12.5 Å². The number of allylic oxidation sites excluding steroid dienone is 1. The minimum Gasteiger partial charge on any atom is -0.453 e. The third-order valence-electron chi connectivity index (χ3n) is 3.11. The molecule has 0 aliphatic rings. The predicted octanol–water partition coefficient (Wildman–Crippen LogP) is 3.80. The van der Waals surface area contributed by atoms with Gasteiger partial charge in [-0.25, -0.2) is 4.79 Å². The van der Waals surface area contributed by atoms with Crippen LogP contribution in [0.2, 0.25) is 5.02 Å². The maximum Gasteiger partial charge on any atom is 0.408 e. The molecule has 1 rings (SSSR count). The largest absolute Gasteiger partial charge is 0.453 e. The highest BCUT2D eigenvalue weighted by atomic mass is 35.5. The molecule has 1 aromatic rings. The zero-order chi connectivity index (χ0) is 15.5. The van der Waals surface area contributed by atoms with Gasteiger partial charge in [-0.05, 0) is 42.9 Å². The summed E-state index contributed by atoms with van der Waals surface area (Å²) in [5, 5.41) is 3.22. The summed E-state index contributed by atoms with van der Waals surface area (Å²) in [6, 6.07) is 7.88. The molecule has 0 fully saturated rings. The van der Waals surface area contributed by atoms with Crippen LogP contribution in [0.5, 0.6) is 0 Å². The van der Waals surface area contributed by atoms with Gasteiger partial charge in [-0.3, -0.25) is 5.32 Å². The monoisotopic (exact) mass is 311 g/mol. The summed E-state index contributed by atoms with van der Waals surface area (Å²) in [6.45, 7) is 4.54. The lowest BCUT2D eigenvalue weighted by molar-refractivity contribution is 0.0947. The normalized spacial score (nSPS) is 11.7. The van der Waals surface area contributed by atoms with Crippen molar-refractivity contribution in [3.8, 4) is 0 Å². The van der Waals surface area contributed by atoms with Gasteiger partial charge in [0.1, 0.15) is 6.73 Å². The molecule has 0 saturated carbocycles. The molecule has 1 aromatic carbocycles. The third-order valence-corrected chi connectivity index (χ3v) is 3.36. The molecule has 1 N–H and O–H groups in total. The summed E-state index contributed by atoms with van der Waals surface area (Å²) in [6.07, 6.45) is 4.22. The third kappa shape index (κ3) is 7.73. The van der Waals surface area contributed by atoms with Crippen LogP contribution in [0.1, 0.15) is 18.4 Å². The maximum atomic E-state index is 10.8. The minimum atomic E-state index is -0.487. The number of rotatable bonds is 9. The van der Waals surface area contributed by atoms with E-state index in [4.69, 9.17) is 16.3 Å². The van der Waals surface area contributed by atoms with E-state index in [1.165, 1.54) is 12.7 Å². The highest BCUT2D eigenvalue weighted by molar-refractivity contribution is 6.30. The summed E-state index contributed by atoms with van der Waals surface area (Å²) >= 11 is 5.88. The van der Waals surface area contributed by atoms with E-state index < -0.39 is 6.09 Å². The Morgan fingerprint density at radius 3 is 2.76 bits per heavy atom. The molecule has 116 valence electrons. The first-order chi connectivity index (χ1) is 10.2. The first-order valence-corrected chi connectivity index (χ1v) is 7.28. The van der Waals surface area contributed by atoms with Crippen LogP contribution in [0.25, 0.3) is 0 Å². The first kappa shape index (κ1) is 17.5. The fraction of sp³-hybridized carbons (Fsp3) is 0.438. The molecule has 0 spiro atoms. The second kappa shape index (κ2) is 10.2. The lowest BCUT2D eigenvalue weighted by atomic mass is 9.93. The van der Waals surface area contributed by atoms with E-state index >= 15 is 0 Å². The van der Waals surface area contributed by atoms with E-state index in [1.54, 1.807) is 0 Å². The van der Waals surface area contributed by atoms with Gasteiger partial charge in [0.2, 0.25) is 0 Å². The Kier molecular flexibility index (Phi) is 8.55. The Bertz CT molecular complexity index is 434. The van der Waals surface area contributed by atoms with E-state index in [2.05, 4.69) is 16.6 Å². The Morgan fingerprint density at radius 1 is 1.43 bits per heavy atom. The summed E-state index contributed by atoms with van der Waals surface area (Å²) in [5.41, 5.74) is 1.25. The molecule has 0 bridgehead atoms. The predicted molar refractivity (Wildman–Crippen MR) is 84.4 cm³/mol. The Hall–Kier alpha value is -1.52. The molecule has 0 aliphatic heterocycles. The lowest BCUT2D eigenvalue weighted by Crippen LogP contribution is -2.26. The van der Waals surface area contributed by atoms with Crippen LogP contribution in [0.15, 0.2) is 36.9 Å². The molecule has 21 heavy (non-hydrogen) atoms. The molecule has 4 nitrogen and oxygen atoms in total. The van der Waals surface area contributed by atoms with Crippen LogP contribution in [-0.2, 0) is 15.9 Å². The SMILES string of the molecule is C=CCC(CCOCNC(=O)OC)Cc1ccc(Cl)cc1. The van der Waals surface area contributed by atoms with Crippen LogP contribution in [0.4, 0.5) is 4.79 Å². The highest BCUT2D eigenvalue weighted by Crippen LogP contribution is 2.18. The van der Waals surface area contributed by atoms with Crippen molar-refractivity contribution >= 4 is 17.7 Å². The van der Waals surface area contributed by atoms with Crippen molar-refractivity contribution in [2.45, 2.75) is 19.3 Å². The summed E-state index contributed by atoms with van der Waals surface area (Å²) < 4.78 is 9.82. The van der Waals surface area contributed by atoms with Gasteiger partial charge in [0.15, 0.2) is 0 Å². The van der Waals surface area contributed by atoms with Gasteiger partial charge >= 0.3 is 6.09 Å². The molecule has 0 aromatic heterocycles. The fourth-order valence-corrected chi connectivity index (χ4v) is 2.12. The maximum absolute atomic E-state index is 10.8. The van der Waals surface area contributed by atoms with Crippen molar-refractivity contribution < 1.29 is 14.3 Å². The number of benzene rings is 1. The van der Waals surface area contributed by atoms with E-state index in [-0.39, 0.29) is 6.73 Å². The van der Waals surface area contributed by atoms with Gasteiger partial charge in [0.05, 0.1) is 7.11 Å². The molecule has 1 amide bonds. The number of carbonyl (C=O) groups is 1. The zero-order valence-corrected chi connectivity index (χ0v) is 13.1. The Balaban J connectivity index is 2.31. The second-order valence-electron chi connectivity index (χ2n) is 4.73. The number of carbonyl (C=O) groups excluding carboxylic acids is 1. The smallest absolute Gasteiger partial charge is 0.408 e. The van der Waals surface area contributed by atoms with Crippen LogP contribution >= 0.6 is 11.6 Å². The van der Waals surface area contributed by atoms with Crippen LogP contribution < -0.4 is 5.32 Å². The lowest BCUT2D eigenvalue weighted by Gasteiger charge is -2.15. The van der Waals surface area contributed by atoms with Crippen molar-refractivity contribution in [2.75, 3.05) is 20.4 Å². The van der Waals surface area contributed by atoms with Gasteiger partial charge in [0, 0.05) is 11.6 Å². The standard InChI is InChI=1S/C16H22ClNO3/c1-3-4-13(9-10-21-12-18-16(19)20-2)11-14-5-7-15(17)8-6-14/h3,5-8,13H,1,4,9-12H2,2H3,(H,18,19). The van der Waals surface area contributed by atoms with E-state index in [9.17, 15) is 4.79 Å². The molecule has 0 heterocycles. The molecule has 5 heteroatoms.